The minimum absolute atomic E-state index is 0.0856. The molecule has 1 heterocycles. The molecule has 0 bridgehead atoms. The Kier molecular flexibility index (Phi) is 6.10. The highest BCUT2D eigenvalue weighted by atomic mass is 16.3. The molecule has 1 unspecified atom stereocenters. The molecule has 3 rings (SSSR count). The van der Waals surface area contributed by atoms with Crippen LogP contribution in [0.25, 0.3) is 11.1 Å². The molecule has 1 aliphatic heterocycles. The van der Waals surface area contributed by atoms with Gasteiger partial charge >= 0.3 is 0 Å². The Labute approximate surface area is 160 Å². The number of aryl methyl sites for hydroxylation is 1. The summed E-state index contributed by atoms with van der Waals surface area (Å²) in [6, 6.07) is 14.8. The molecule has 3 N–H and O–H groups in total. The van der Waals surface area contributed by atoms with Crippen LogP contribution in [0.3, 0.4) is 0 Å². The van der Waals surface area contributed by atoms with Crippen molar-refractivity contribution in [1.29, 1.82) is 5.26 Å². The Hall–Kier alpha value is -2.84. The highest BCUT2D eigenvalue weighted by Crippen LogP contribution is 2.26. The molecule has 1 amide bonds. The number of hydrogen-bond acceptors (Lipinski definition) is 4. The monoisotopic (exact) mass is 363 g/mol. The maximum Gasteiger partial charge on any atom is 0.238 e. The van der Waals surface area contributed by atoms with Crippen LogP contribution in [0.15, 0.2) is 42.5 Å². The van der Waals surface area contributed by atoms with Crippen LogP contribution in [0.4, 0.5) is 0 Å². The third kappa shape index (κ3) is 4.87. The predicted molar refractivity (Wildman–Crippen MR) is 105 cm³/mol. The summed E-state index contributed by atoms with van der Waals surface area (Å²) >= 11 is 0. The fraction of sp³-hybridized carbons (Fsp3) is 0.364. The van der Waals surface area contributed by atoms with Crippen molar-refractivity contribution in [2.75, 3.05) is 6.54 Å². The first-order valence-electron chi connectivity index (χ1n) is 9.39. The van der Waals surface area contributed by atoms with Gasteiger partial charge < -0.3 is 15.7 Å². The molecule has 5 nitrogen and oxygen atoms in total. The maximum absolute atomic E-state index is 12.3. The summed E-state index contributed by atoms with van der Waals surface area (Å²) in [7, 11) is 0. The van der Waals surface area contributed by atoms with Crippen LogP contribution in [0.2, 0.25) is 0 Å². The van der Waals surface area contributed by atoms with Crippen molar-refractivity contribution >= 4 is 5.91 Å². The summed E-state index contributed by atoms with van der Waals surface area (Å²) in [5.74, 6) is 0.172. The lowest BCUT2D eigenvalue weighted by Gasteiger charge is -2.23. The van der Waals surface area contributed by atoms with Crippen LogP contribution >= 0.6 is 0 Å². The highest BCUT2D eigenvalue weighted by Gasteiger charge is 2.23. The summed E-state index contributed by atoms with van der Waals surface area (Å²) in [5.41, 5.74) is 4.12. The number of amides is 1. The first-order valence-corrected chi connectivity index (χ1v) is 9.39. The second-order valence-electron chi connectivity index (χ2n) is 7.09. The molecule has 1 aliphatic rings. The first kappa shape index (κ1) is 18.9. The lowest BCUT2D eigenvalue weighted by molar-refractivity contribution is -0.124. The summed E-state index contributed by atoms with van der Waals surface area (Å²) in [4.78, 5) is 12.3. The molecule has 5 heteroatoms. The Bertz CT molecular complexity index is 834. The predicted octanol–water partition coefficient (Wildman–Crippen LogP) is 3.06. The van der Waals surface area contributed by atoms with Crippen LogP contribution < -0.4 is 10.6 Å². The maximum atomic E-state index is 12.3. The third-order valence-electron chi connectivity index (χ3n) is 5.01. The zero-order chi connectivity index (χ0) is 19.2. The molecule has 1 fully saturated rings. The zero-order valence-corrected chi connectivity index (χ0v) is 15.5. The van der Waals surface area contributed by atoms with Crippen LogP contribution in [0.5, 0.6) is 5.75 Å². The van der Waals surface area contributed by atoms with Crippen LogP contribution in [-0.2, 0) is 11.2 Å². The minimum atomic E-state index is -0.539. The van der Waals surface area contributed by atoms with E-state index in [1.807, 2.05) is 37.3 Å². The van der Waals surface area contributed by atoms with Gasteiger partial charge in [-0.3, -0.25) is 4.79 Å². The quantitative estimate of drug-likeness (QED) is 0.762. The zero-order valence-electron chi connectivity index (χ0n) is 15.5. The first-order chi connectivity index (χ1) is 13.1. The van der Waals surface area contributed by atoms with E-state index in [1.165, 1.54) is 0 Å². The third-order valence-corrected chi connectivity index (χ3v) is 5.01. The van der Waals surface area contributed by atoms with Gasteiger partial charge in [-0.25, -0.2) is 0 Å². The fourth-order valence-corrected chi connectivity index (χ4v) is 3.50. The number of nitriles is 1. The molecule has 140 valence electrons. The van der Waals surface area contributed by atoms with E-state index in [-0.39, 0.29) is 17.7 Å². The lowest BCUT2D eigenvalue weighted by Crippen LogP contribution is -2.49. The Morgan fingerprint density at radius 1 is 1.30 bits per heavy atom. The molecular weight excluding hydrogens is 338 g/mol. The minimum Gasteiger partial charge on any atom is -0.508 e. The number of rotatable bonds is 5. The van der Waals surface area contributed by atoms with Crippen LogP contribution in [0, 0.1) is 18.3 Å². The number of phenolic OH excluding ortho intramolecular Hbond substituents is 1. The van der Waals surface area contributed by atoms with Crippen molar-refractivity contribution in [2.24, 2.45) is 0 Å². The van der Waals surface area contributed by atoms with Gasteiger partial charge in [-0.05, 0) is 60.7 Å². The summed E-state index contributed by atoms with van der Waals surface area (Å²) in [5, 5.41) is 25.0. The molecule has 0 radical (unpaired) electrons. The van der Waals surface area contributed by atoms with Gasteiger partial charge in [-0.1, -0.05) is 36.8 Å². The second-order valence-corrected chi connectivity index (χ2v) is 7.09. The number of benzene rings is 2. The molecule has 0 saturated carbocycles. The van der Waals surface area contributed by atoms with Gasteiger partial charge in [0.25, 0.3) is 0 Å². The van der Waals surface area contributed by atoms with Crippen molar-refractivity contribution in [3.05, 3.63) is 53.6 Å². The number of carbonyl (C=O) groups excluding carboxylic acids is 1. The summed E-state index contributed by atoms with van der Waals surface area (Å²) in [6.45, 7) is 2.82. The molecule has 2 atom stereocenters. The van der Waals surface area contributed by atoms with E-state index in [4.69, 9.17) is 0 Å². The van der Waals surface area contributed by atoms with E-state index >= 15 is 0 Å². The largest absolute Gasteiger partial charge is 0.508 e. The van der Waals surface area contributed by atoms with Gasteiger partial charge in [0.15, 0.2) is 0 Å². The van der Waals surface area contributed by atoms with E-state index in [1.54, 1.807) is 12.1 Å². The van der Waals surface area contributed by atoms with E-state index < -0.39 is 6.04 Å². The van der Waals surface area contributed by atoms with Gasteiger partial charge in [0, 0.05) is 6.42 Å². The molecule has 0 aromatic heterocycles. The summed E-state index contributed by atoms with van der Waals surface area (Å²) < 4.78 is 0. The van der Waals surface area contributed by atoms with Gasteiger partial charge in [0.05, 0.1) is 12.1 Å². The molecule has 0 spiro atoms. The van der Waals surface area contributed by atoms with Crippen molar-refractivity contribution in [1.82, 2.24) is 10.6 Å². The number of aromatic hydroxyl groups is 1. The molecule has 2 aromatic carbocycles. The Morgan fingerprint density at radius 3 is 2.70 bits per heavy atom. The number of nitrogens with zero attached hydrogens (tertiary/aromatic N) is 1. The van der Waals surface area contributed by atoms with E-state index in [2.05, 4.69) is 16.7 Å². The lowest BCUT2D eigenvalue weighted by atomic mass is 9.97. The normalized spacial score (nSPS) is 17.7. The van der Waals surface area contributed by atoms with Crippen molar-refractivity contribution < 1.29 is 9.90 Å². The number of phenols is 1. The van der Waals surface area contributed by atoms with Crippen LogP contribution in [-0.4, -0.2) is 29.6 Å². The van der Waals surface area contributed by atoms with Gasteiger partial charge in [0.2, 0.25) is 5.91 Å². The Balaban J connectivity index is 1.64. The fourth-order valence-electron chi connectivity index (χ4n) is 3.50. The van der Waals surface area contributed by atoms with Crippen molar-refractivity contribution in [3.63, 3.8) is 0 Å². The average molecular weight is 363 g/mol. The van der Waals surface area contributed by atoms with E-state index in [0.29, 0.717) is 6.42 Å². The number of nitrogens with one attached hydrogen (secondary N) is 2. The van der Waals surface area contributed by atoms with Gasteiger partial charge in [-0.15, -0.1) is 0 Å². The second kappa shape index (κ2) is 8.70. The molecular formula is C22H25N3O2. The number of hydrogen-bond donors (Lipinski definition) is 3. The van der Waals surface area contributed by atoms with Gasteiger partial charge in [-0.2, -0.15) is 5.26 Å². The van der Waals surface area contributed by atoms with Gasteiger partial charge in [0.1, 0.15) is 11.8 Å². The standard InChI is InChI=1S/C22H25N3O2/c1-15-12-19(26)9-10-20(15)17-7-5-16(6-8-17)13-18(14-23)25-22(27)21-4-2-3-11-24-21/h5-10,12,18,21,24,26H,2-4,11,13H2,1H3,(H,25,27)/t18-,21?/m0/s1. The average Bonchev–Trinajstić information content (AvgIpc) is 2.69. The smallest absolute Gasteiger partial charge is 0.238 e. The van der Waals surface area contributed by atoms with E-state index in [0.717, 1.165) is 48.1 Å². The van der Waals surface area contributed by atoms with Crippen LogP contribution in [0.1, 0.15) is 30.4 Å². The number of piperidine rings is 1. The molecule has 1 saturated heterocycles. The highest BCUT2D eigenvalue weighted by molar-refractivity contribution is 5.82. The van der Waals surface area contributed by atoms with Crippen molar-refractivity contribution in [2.45, 2.75) is 44.7 Å². The number of carbonyl (C=O) groups is 1. The van der Waals surface area contributed by atoms with E-state index in [9.17, 15) is 15.2 Å². The molecule has 0 aliphatic carbocycles. The Morgan fingerprint density at radius 2 is 2.07 bits per heavy atom. The molecule has 2 aromatic rings. The SMILES string of the molecule is Cc1cc(O)ccc1-c1ccc(C[C@@H](C#N)NC(=O)C2CCCCN2)cc1. The topological polar surface area (TPSA) is 85.2 Å². The summed E-state index contributed by atoms with van der Waals surface area (Å²) in [6.07, 6.45) is 3.44. The molecule has 27 heavy (non-hydrogen) atoms. The van der Waals surface area contributed by atoms with Crippen molar-refractivity contribution in [3.8, 4) is 22.9 Å².